The molecule has 28 heavy (non-hydrogen) atoms. The van der Waals surface area contributed by atoms with Crippen molar-refractivity contribution in [2.45, 2.75) is 13.3 Å². The van der Waals surface area contributed by atoms with Gasteiger partial charge in [0.15, 0.2) is 12.4 Å². The Morgan fingerprint density at radius 1 is 1.14 bits per heavy atom. The second kappa shape index (κ2) is 8.70. The summed E-state index contributed by atoms with van der Waals surface area (Å²) in [5.74, 6) is -1.21. The second-order valence-corrected chi connectivity index (χ2v) is 7.78. The van der Waals surface area contributed by atoms with E-state index in [4.69, 9.17) is 9.84 Å². The van der Waals surface area contributed by atoms with Crippen molar-refractivity contribution in [1.82, 2.24) is 9.78 Å². The van der Waals surface area contributed by atoms with E-state index in [9.17, 15) is 9.59 Å². The van der Waals surface area contributed by atoms with Gasteiger partial charge in [0, 0.05) is 15.1 Å². The molecule has 3 rings (SSSR count). The maximum Gasteiger partial charge on any atom is 0.341 e. The summed E-state index contributed by atoms with van der Waals surface area (Å²) in [4.78, 5) is 23.8. The molecule has 0 radical (unpaired) electrons. The minimum Gasteiger partial charge on any atom is -0.481 e. The number of ether oxygens (including phenoxy) is 1. The molecule has 1 aromatic heterocycles. The van der Waals surface area contributed by atoms with E-state index in [0.29, 0.717) is 10.0 Å². The van der Waals surface area contributed by atoms with Crippen molar-refractivity contribution in [3.8, 4) is 11.4 Å². The maximum absolute atomic E-state index is 13.0. The minimum absolute atomic E-state index is 0.209. The van der Waals surface area contributed by atoms with Crippen LogP contribution in [-0.4, -0.2) is 33.2 Å². The number of carbonyl (C=O) groups excluding carboxylic acids is 1. The van der Waals surface area contributed by atoms with Gasteiger partial charge in [-0.05, 0) is 48.4 Å². The first kappa shape index (κ1) is 20.3. The number of carboxylic acid groups (broad SMARTS) is 1. The number of carboxylic acids is 1. The number of benzene rings is 2. The molecule has 0 saturated heterocycles. The largest absolute Gasteiger partial charge is 0.481 e. The first-order chi connectivity index (χ1) is 13.4. The van der Waals surface area contributed by atoms with Crippen molar-refractivity contribution in [2.24, 2.45) is 0 Å². The van der Waals surface area contributed by atoms with E-state index in [1.165, 1.54) is 6.20 Å². The summed E-state index contributed by atoms with van der Waals surface area (Å²) in [5.41, 5.74) is 2.62. The molecule has 0 spiro atoms. The van der Waals surface area contributed by atoms with Crippen LogP contribution in [0.5, 0.6) is 5.75 Å². The summed E-state index contributed by atoms with van der Waals surface area (Å²) >= 11 is 6.80. The number of aryl methyl sites for hydroxylation is 1. The van der Waals surface area contributed by atoms with Gasteiger partial charge < -0.3 is 9.84 Å². The predicted molar refractivity (Wildman–Crippen MR) is 111 cm³/mol. The first-order valence-corrected chi connectivity index (χ1v) is 10.00. The third kappa shape index (κ3) is 4.51. The predicted octanol–water partition coefficient (Wildman–Crippen LogP) is 4.65. The van der Waals surface area contributed by atoms with Crippen LogP contribution in [-0.2, 0) is 11.2 Å². The summed E-state index contributed by atoms with van der Waals surface area (Å²) in [6.07, 6.45) is 3.97. The normalized spacial score (nSPS) is 10.7. The number of ketones is 1. The van der Waals surface area contributed by atoms with E-state index < -0.39 is 12.6 Å². The van der Waals surface area contributed by atoms with Crippen molar-refractivity contribution in [2.75, 3.05) is 6.61 Å². The summed E-state index contributed by atoms with van der Waals surface area (Å²) in [7, 11) is 0. The summed E-state index contributed by atoms with van der Waals surface area (Å²) < 4.78 is 8.59. The Morgan fingerprint density at radius 3 is 2.57 bits per heavy atom. The van der Waals surface area contributed by atoms with Gasteiger partial charge in [-0.3, -0.25) is 4.79 Å². The van der Waals surface area contributed by atoms with Crippen LogP contribution in [0.1, 0.15) is 28.4 Å². The number of rotatable bonds is 7. The van der Waals surface area contributed by atoms with Gasteiger partial charge in [0.1, 0.15) is 5.75 Å². The molecule has 0 amide bonds. The number of nitrogens with zero attached hydrogens (tertiary/aromatic N) is 2. The van der Waals surface area contributed by atoms with E-state index in [1.807, 2.05) is 25.1 Å². The summed E-state index contributed by atoms with van der Waals surface area (Å²) in [6, 6.07) is 10.7. The molecule has 0 saturated carbocycles. The molecule has 1 N–H and O–H groups in total. The molecule has 8 heteroatoms. The lowest BCUT2D eigenvalue weighted by molar-refractivity contribution is -0.139. The number of aliphatic carboxylic acids is 1. The fraction of sp³-hybridized carbons (Fsp3) is 0.150. The molecule has 0 atom stereocenters. The molecule has 1 heterocycles. The maximum atomic E-state index is 13.0. The van der Waals surface area contributed by atoms with E-state index in [0.717, 1.165) is 22.1 Å². The van der Waals surface area contributed by atoms with Crippen molar-refractivity contribution in [1.29, 1.82) is 0 Å². The van der Waals surface area contributed by atoms with Crippen LogP contribution in [0.4, 0.5) is 0 Å². The average molecular weight is 508 g/mol. The highest BCUT2D eigenvalue weighted by Gasteiger charge is 2.19. The zero-order valence-corrected chi connectivity index (χ0v) is 18.0. The molecule has 144 valence electrons. The van der Waals surface area contributed by atoms with Gasteiger partial charge in [-0.2, -0.15) is 5.10 Å². The van der Waals surface area contributed by atoms with Gasteiger partial charge in [-0.25, -0.2) is 9.48 Å². The molecule has 0 aliphatic carbocycles. The van der Waals surface area contributed by atoms with Gasteiger partial charge in [0.25, 0.3) is 0 Å². The monoisotopic (exact) mass is 506 g/mol. The molecule has 3 aromatic rings. The highest BCUT2D eigenvalue weighted by Crippen LogP contribution is 2.27. The third-order valence-electron chi connectivity index (χ3n) is 4.05. The van der Waals surface area contributed by atoms with Crippen molar-refractivity contribution < 1.29 is 19.4 Å². The molecule has 0 unspecified atom stereocenters. The van der Waals surface area contributed by atoms with Crippen molar-refractivity contribution in [3.63, 3.8) is 0 Å². The number of carbonyl (C=O) groups is 2. The van der Waals surface area contributed by atoms with E-state index >= 15 is 0 Å². The molecule has 0 aliphatic rings. The van der Waals surface area contributed by atoms with Crippen LogP contribution in [0.2, 0.25) is 0 Å². The van der Waals surface area contributed by atoms with Crippen molar-refractivity contribution in [3.05, 3.63) is 74.4 Å². The van der Waals surface area contributed by atoms with E-state index in [2.05, 4.69) is 37.0 Å². The minimum atomic E-state index is -1.11. The molecule has 0 fully saturated rings. The Balaban J connectivity index is 1.95. The lowest BCUT2D eigenvalue weighted by atomic mass is 10.1. The quantitative estimate of drug-likeness (QED) is 0.470. The average Bonchev–Trinajstić information content (AvgIpc) is 3.16. The summed E-state index contributed by atoms with van der Waals surface area (Å²) in [6.45, 7) is 1.52. The Hall–Kier alpha value is -2.45. The van der Waals surface area contributed by atoms with Crippen LogP contribution in [0.25, 0.3) is 5.69 Å². The second-order valence-electron chi connectivity index (χ2n) is 5.95. The Bertz CT molecular complexity index is 1050. The number of hydrogen-bond acceptors (Lipinski definition) is 4. The smallest absolute Gasteiger partial charge is 0.341 e. The van der Waals surface area contributed by atoms with Crippen LogP contribution in [0.3, 0.4) is 0 Å². The van der Waals surface area contributed by atoms with Gasteiger partial charge in [0.05, 0.1) is 23.0 Å². The molecular weight excluding hydrogens is 492 g/mol. The van der Waals surface area contributed by atoms with E-state index in [1.54, 1.807) is 29.1 Å². The topological polar surface area (TPSA) is 81.4 Å². The SMILES string of the molecule is CCc1cc(Br)ccc1-n1cc(C(=O)c2cc(Br)ccc2OCC(=O)O)cn1. The molecule has 0 bridgehead atoms. The van der Waals surface area contributed by atoms with Crippen LogP contribution >= 0.6 is 31.9 Å². The number of hydrogen-bond donors (Lipinski definition) is 1. The first-order valence-electron chi connectivity index (χ1n) is 8.41. The zero-order chi connectivity index (χ0) is 20.3. The van der Waals surface area contributed by atoms with Gasteiger partial charge in [-0.15, -0.1) is 0 Å². The highest BCUT2D eigenvalue weighted by atomic mass is 79.9. The van der Waals surface area contributed by atoms with Crippen LogP contribution in [0, 0.1) is 0 Å². The lowest BCUT2D eigenvalue weighted by Crippen LogP contribution is -2.12. The van der Waals surface area contributed by atoms with Crippen LogP contribution < -0.4 is 4.74 Å². The van der Waals surface area contributed by atoms with Crippen LogP contribution in [0.15, 0.2) is 57.7 Å². The van der Waals surface area contributed by atoms with Crippen molar-refractivity contribution >= 4 is 43.6 Å². The van der Waals surface area contributed by atoms with E-state index in [-0.39, 0.29) is 17.1 Å². The molecule has 0 aliphatic heterocycles. The summed E-state index contributed by atoms with van der Waals surface area (Å²) in [5, 5.41) is 13.2. The molecule has 6 nitrogen and oxygen atoms in total. The fourth-order valence-corrected chi connectivity index (χ4v) is 3.50. The fourth-order valence-electron chi connectivity index (χ4n) is 2.73. The number of aromatic nitrogens is 2. The standard InChI is InChI=1S/C20H16Br2N2O4/c1-2-12-7-14(21)3-5-17(12)24-10-13(9-23-24)20(27)16-8-15(22)4-6-18(16)28-11-19(25)26/h3-10H,2,11H2,1H3,(H,25,26). The third-order valence-corrected chi connectivity index (χ3v) is 5.04. The molecular formula is C20H16Br2N2O4. The lowest BCUT2D eigenvalue weighted by Gasteiger charge is -2.09. The zero-order valence-electron chi connectivity index (χ0n) is 14.9. The molecule has 2 aromatic carbocycles. The number of halogens is 2. The Kier molecular flexibility index (Phi) is 6.31. The Morgan fingerprint density at radius 2 is 1.86 bits per heavy atom. The van der Waals surface area contributed by atoms with Gasteiger partial charge >= 0.3 is 5.97 Å². The highest BCUT2D eigenvalue weighted by molar-refractivity contribution is 9.10. The van der Waals surface area contributed by atoms with Gasteiger partial charge in [-0.1, -0.05) is 38.8 Å². The van der Waals surface area contributed by atoms with Gasteiger partial charge in [0.2, 0.25) is 0 Å². The Labute approximate surface area is 178 Å².